The lowest BCUT2D eigenvalue weighted by molar-refractivity contribution is 0.0951. The lowest BCUT2D eigenvalue weighted by Crippen LogP contribution is -2.23. The molecule has 4 N–H and O–H groups in total. The highest BCUT2D eigenvalue weighted by atomic mass is 16.1. The maximum Gasteiger partial charge on any atom is 0.251 e. The van der Waals surface area contributed by atoms with Gasteiger partial charge in [0, 0.05) is 24.3 Å². The zero-order valence-electron chi connectivity index (χ0n) is 12.5. The standard InChI is InChI=1S/C17H20N4O/c1-2-19-17(18)21-15-10-8-13(9-11-15)12-20-16(22)14-6-4-3-5-7-14/h3-11H,2,12H2,1H3,(H,20,22)(H3,18,19,21). The predicted octanol–water partition coefficient (Wildman–Crippen LogP) is 2.36. The molecule has 0 radical (unpaired) electrons. The molecule has 0 bridgehead atoms. The first-order valence-corrected chi connectivity index (χ1v) is 7.18. The van der Waals surface area contributed by atoms with Gasteiger partial charge >= 0.3 is 0 Å². The number of aliphatic imine (C=N–C) groups is 1. The molecule has 2 aromatic carbocycles. The summed E-state index contributed by atoms with van der Waals surface area (Å²) in [5, 5.41) is 5.89. The van der Waals surface area contributed by atoms with Crippen molar-refractivity contribution in [3.8, 4) is 0 Å². The Labute approximate surface area is 130 Å². The Morgan fingerprint density at radius 3 is 2.41 bits per heavy atom. The minimum atomic E-state index is -0.0814. The van der Waals surface area contributed by atoms with Gasteiger partial charge < -0.3 is 16.4 Å². The third-order valence-electron chi connectivity index (χ3n) is 3.04. The van der Waals surface area contributed by atoms with Gasteiger partial charge in [0.15, 0.2) is 5.96 Å². The number of rotatable bonds is 5. The molecule has 1 amide bonds. The molecule has 114 valence electrons. The van der Waals surface area contributed by atoms with Crippen molar-refractivity contribution in [3.05, 3.63) is 65.7 Å². The van der Waals surface area contributed by atoms with Gasteiger partial charge in [-0.2, -0.15) is 0 Å². The summed E-state index contributed by atoms with van der Waals surface area (Å²) < 4.78 is 0. The maximum atomic E-state index is 11.9. The van der Waals surface area contributed by atoms with E-state index >= 15 is 0 Å². The van der Waals surface area contributed by atoms with Crippen LogP contribution in [0.1, 0.15) is 22.8 Å². The molecule has 0 fully saturated rings. The van der Waals surface area contributed by atoms with Crippen molar-refractivity contribution in [1.29, 1.82) is 0 Å². The van der Waals surface area contributed by atoms with Crippen LogP contribution in [0.5, 0.6) is 0 Å². The van der Waals surface area contributed by atoms with Crippen LogP contribution in [-0.4, -0.2) is 18.4 Å². The van der Waals surface area contributed by atoms with E-state index < -0.39 is 0 Å². The normalized spacial score (nSPS) is 11.0. The predicted molar refractivity (Wildman–Crippen MR) is 89.8 cm³/mol. The third-order valence-corrected chi connectivity index (χ3v) is 3.04. The van der Waals surface area contributed by atoms with E-state index in [0.717, 1.165) is 11.3 Å². The van der Waals surface area contributed by atoms with Crippen molar-refractivity contribution in [2.24, 2.45) is 10.7 Å². The molecule has 0 saturated carbocycles. The summed E-state index contributed by atoms with van der Waals surface area (Å²) in [5.74, 6) is 0.315. The first kappa shape index (κ1) is 15.6. The number of nitrogens with zero attached hydrogens (tertiary/aromatic N) is 1. The number of nitrogens with one attached hydrogen (secondary N) is 2. The fourth-order valence-electron chi connectivity index (χ4n) is 1.94. The highest BCUT2D eigenvalue weighted by Gasteiger charge is 2.04. The second-order valence-corrected chi connectivity index (χ2v) is 4.73. The summed E-state index contributed by atoms with van der Waals surface area (Å²) in [7, 11) is 0. The summed E-state index contributed by atoms with van der Waals surface area (Å²) in [4.78, 5) is 16.0. The number of nitrogens with two attached hydrogens (primary N) is 1. The molecule has 2 aromatic rings. The van der Waals surface area contributed by atoms with Crippen LogP contribution in [0.4, 0.5) is 5.69 Å². The second-order valence-electron chi connectivity index (χ2n) is 4.73. The fourth-order valence-corrected chi connectivity index (χ4v) is 1.94. The van der Waals surface area contributed by atoms with Crippen LogP contribution in [0.3, 0.4) is 0 Å². The minimum Gasteiger partial charge on any atom is -0.370 e. The Morgan fingerprint density at radius 1 is 1.09 bits per heavy atom. The molecule has 0 heterocycles. The molecule has 0 aliphatic heterocycles. The van der Waals surface area contributed by atoms with Crippen LogP contribution in [0.15, 0.2) is 59.6 Å². The lowest BCUT2D eigenvalue weighted by Gasteiger charge is -2.08. The number of hydrogen-bond acceptors (Lipinski definition) is 2. The molecule has 5 heteroatoms. The Kier molecular flexibility index (Phi) is 5.54. The van der Waals surface area contributed by atoms with Gasteiger partial charge in [-0.15, -0.1) is 0 Å². The lowest BCUT2D eigenvalue weighted by atomic mass is 10.2. The number of anilines is 1. The zero-order valence-corrected chi connectivity index (χ0v) is 12.5. The summed E-state index contributed by atoms with van der Waals surface area (Å²) in [5.41, 5.74) is 8.24. The molecule has 0 aliphatic carbocycles. The first-order valence-electron chi connectivity index (χ1n) is 7.18. The van der Waals surface area contributed by atoms with E-state index in [0.29, 0.717) is 24.6 Å². The number of benzene rings is 2. The van der Waals surface area contributed by atoms with Gasteiger partial charge in [-0.05, 0) is 36.8 Å². The quantitative estimate of drug-likeness (QED) is 0.585. The van der Waals surface area contributed by atoms with E-state index in [-0.39, 0.29) is 5.91 Å². The van der Waals surface area contributed by atoms with Crippen molar-refractivity contribution < 1.29 is 4.79 Å². The average Bonchev–Trinajstić information content (AvgIpc) is 2.55. The molecule has 5 nitrogen and oxygen atoms in total. The zero-order chi connectivity index (χ0) is 15.8. The molecule has 0 atom stereocenters. The molecule has 2 rings (SSSR count). The molecule has 0 saturated heterocycles. The molecular formula is C17H20N4O. The number of guanidine groups is 1. The fraction of sp³-hybridized carbons (Fsp3) is 0.176. The van der Waals surface area contributed by atoms with E-state index in [1.807, 2.05) is 49.4 Å². The van der Waals surface area contributed by atoms with E-state index in [1.54, 1.807) is 12.1 Å². The van der Waals surface area contributed by atoms with Crippen LogP contribution >= 0.6 is 0 Å². The van der Waals surface area contributed by atoms with Gasteiger partial charge in [0.05, 0.1) is 0 Å². The highest BCUT2D eigenvalue weighted by molar-refractivity contribution is 5.94. The maximum absolute atomic E-state index is 11.9. The first-order chi connectivity index (χ1) is 10.7. The molecule has 22 heavy (non-hydrogen) atoms. The van der Waals surface area contributed by atoms with Crippen molar-refractivity contribution in [2.75, 3.05) is 11.9 Å². The van der Waals surface area contributed by atoms with Crippen LogP contribution < -0.4 is 16.4 Å². The van der Waals surface area contributed by atoms with Gasteiger partial charge in [-0.1, -0.05) is 30.3 Å². The SMILES string of the molecule is CCN=C(N)Nc1ccc(CNC(=O)c2ccccc2)cc1. The summed E-state index contributed by atoms with van der Waals surface area (Å²) in [6.07, 6.45) is 0. The number of hydrogen-bond donors (Lipinski definition) is 3. The largest absolute Gasteiger partial charge is 0.370 e. The molecule has 0 unspecified atom stereocenters. The van der Waals surface area contributed by atoms with Crippen molar-refractivity contribution in [2.45, 2.75) is 13.5 Å². The van der Waals surface area contributed by atoms with Crippen molar-refractivity contribution in [3.63, 3.8) is 0 Å². The van der Waals surface area contributed by atoms with Gasteiger partial charge in [-0.25, -0.2) is 0 Å². The van der Waals surface area contributed by atoms with Crippen LogP contribution in [-0.2, 0) is 6.54 Å². The Bertz CT molecular complexity index is 635. The van der Waals surface area contributed by atoms with E-state index in [2.05, 4.69) is 15.6 Å². The van der Waals surface area contributed by atoms with Crippen LogP contribution in [0, 0.1) is 0 Å². The molecule has 0 aliphatic rings. The van der Waals surface area contributed by atoms with Crippen LogP contribution in [0.2, 0.25) is 0 Å². The number of carbonyl (C=O) groups excluding carboxylic acids is 1. The summed E-state index contributed by atoms with van der Waals surface area (Å²) in [6.45, 7) is 3.04. The third kappa shape index (κ3) is 4.63. The van der Waals surface area contributed by atoms with Crippen molar-refractivity contribution in [1.82, 2.24) is 5.32 Å². The van der Waals surface area contributed by atoms with Crippen LogP contribution in [0.25, 0.3) is 0 Å². The van der Waals surface area contributed by atoms with Gasteiger partial charge in [0.2, 0.25) is 0 Å². The Balaban J connectivity index is 1.89. The number of amides is 1. The topological polar surface area (TPSA) is 79.5 Å². The highest BCUT2D eigenvalue weighted by Crippen LogP contribution is 2.09. The van der Waals surface area contributed by atoms with Crippen molar-refractivity contribution >= 4 is 17.6 Å². The summed E-state index contributed by atoms with van der Waals surface area (Å²) >= 11 is 0. The minimum absolute atomic E-state index is 0.0814. The smallest absolute Gasteiger partial charge is 0.251 e. The Hall–Kier alpha value is -2.82. The molecule has 0 spiro atoms. The van der Waals surface area contributed by atoms with E-state index in [9.17, 15) is 4.79 Å². The van der Waals surface area contributed by atoms with E-state index in [4.69, 9.17) is 5.73 Å². The molecular weight excluding hydrogens is 276 g/mol. The van der Waals surface area contributed by atoms with Gasteiger partial charge in [-0.3, -0.25) is 9.79 Å². The Morgan fingerprint density at radius 2 is 1.77 bits per heavy atom. The average molecular weight is 296 g/mol. The monoisotopic (exact) mass is 296 g/mol. The van der Waals surface area contributed by atoms with Gasteiger partial charge in [0.25, 0.3) is 5.91 Å². The molecule has 0 aromatic heterocycles. The second kappa shape index (κ2) is 7.83. The van der Waals surface area contributed by atoms with Gasteiger partial charge in [0.1, 0.15) is 0 Å². The van der Waals surface area contributed by atoms with E-state index in [1.165, 1.54) is 0 Å². The number of carbonyl (C=O) groups is 1. The summed E-state index contributed by atoms with van der Waals surface area (Å²) in [6, 6.07) is 16.8.